The van der Waals surface area contributed by atoms with Crippen LogP contribution in [0.2, 0.25) is 4.34 Å². The standard InChI is InChI=1S/C29H32ClFN6O3S/c1-35-10-6-19(7-11-35)8-13-40-23-5-4-22-14-24(23)39-12-3-2-9-36-27-21(16-32-28(33-22)34-27)17-37(29(36)38)25-20(15-31)18-41-26(25)30/h2-5,14,16,18-19H,6-13,15,17H2,1H3,(H,32,33,34)/b3-2-. The first-order valence-corrected chi connectivity index (χ1v) is 15.0. The number of halogens is 2. The monoisotopic (exact) mass is 598 g/mol. The summed E-state index contributed by atoms with van der Waals surface area (Å²) in [6.07, 6.45) is 8.82. The maximum atomic E-state index is 13.7. The predicted molar refractivity (Wildman–Crippen MR) is 160 cm³/mol. The predicted octanol–water partition coefficient (Wildman–Crippen LogP) is 6.41. The number of alkyl halides is 1. The van der Waals surface area contributed by atoms with Gasteiger partial charge in [-0.1, -0.05) is 17.7 Å². The molecule has 3 aliphatic rings. The number of ether oxygens (including phenoxy) is 2. The number of nitrogens with one attached hydrogen (secondary N) is 1. The smallest absolute Gasteiger partial charge is 0.330 e. The van der Waals surface area contributed by atoms with Crippen LogP contribution in [-0.4, -0.2) is 60.8 Å². The first-order valence-electron chi connectivity index (χ1n) is 13.8. The average Bonchev–Trinajstić information content (AvgIpc) is 3.35. The minimum atomic E-state index is -0.714. The maximum absolute atomic E-state index is 13.7. The maximum Gasteiger partial charge on any atom is 0.330 e. The van der Waals surface area contributed by atoms with Gasteiger partial charge in [0.05, 0.1) is 18.8 Å². The van der Waals surface area contributed by atoms with Crippen molar-refractivity contribution in [3.63, 3.8) is 0 Å². The van der Waals surface area contributed by atoms with Crippen LogP contribution in [0.25, 0.3) is 0 Å². The van der Waals surface area contributed by atoms with Crippen molar-refractivity contribution in [2.45, 2.75) is 32.5 Å². The number of hydrogen-bond acceptors (Lipinski definition) is 8. The highest BCUT2D eigenvalue weighted by molar-refractivity contribution is 7.15. The van der Waals surface area contributed by atoms with Crippen LogP contribution >= 0.6 is 22.9 Å². The van der Waals surface area contributed by atoms with Gasteiger partial charge in [0.25, 0.3) is 0 Å². The van der Waals surface area contributed by atoms with E-state index in [4.69, 9.17) is 26.1 Å². The molecule has 0 saturated carbocycles. The normalized spacial score (nSPS) is 18.6. The van der Waals surface area contributed by atoms with Gasteiger partial charge in [0.1, 0.15) is 23.4 Å². The summed E-state index contributed by atoms with van der Waals surface area (Å²) in [5, 5.41) is 4.88. The zero-order chi connectivity index (χ0) is 28.3. The summed E-state index contributed by atoms with van der Waals surface area (Å²) in [7, 11) is 2.17. The Balaban J connectivity index is 1.22. The summed E-state index contributed by atoms with van der Waals surface area (Å²) in [5.74, 6) is 2.83. The highest BCUT2D eigenvalue weighted by Crippen LogP contribution is 2.41. The molecule has 0 aliphatic carbocycles. The van der Waals surface area contributed by atoms with Crippen LogP contribution in [0.4, 0.5) is 32.3 Å². The Kier molecular flexibility index (Phi) is 8.27. The van der Waals surface area contributed by atoms with Crippen molar-refractivity contribution in [3.8, 4) is 11.5 Å². The number of hydrogen-bond donors (Lipinski definition) is 1. The fourth-order valence-corrected chi connectivity index (χ4v) is 6.50. The molecular weight excluding hydrogens is 567 g/mol. The zero-order valence-corrected chi connectivity index (χ0v) is 24.4. The summed E-state index contributed by atoms with van der Waals surface area (Å²) >= 11 is 7.60. The molecule has 0 atom stereocenters. The summed E-state index contributed by atoms with van der Waals surface area (Å²) in [4.78, 5) is 28.3. The van der Waals surface area contributed by atoms with Gasteiger partial charge < -0.3 is 19.7 Å². The van der Waals surface area contributed by atoms with E-state index in [1.807, 2.05) is 30.4 Å². The highest BCUT2D eigenvalue weighted by atomic mass is 35.5. The number of nitrogens with zero attached hydrogens (tertiary/aromatic N) is 5. The SMILES string of the molecule is CN1CCC(CCOc2ccc3cc2OC/C=C\CN2C(=O)N(c4c(CF)csc4Cl)Cc4cnc(nc42)N3)CC1. The van der Waals surface area contributed by atoms with Crippen molar-refractivity contribution in [1.82, 2.24) is 14.9 Å². The molecule has 1 N–H and O–H groups in total. The van der Waals surface area contributed by atoms with E-state index in [1.54, 1.807) is 16.5 Å². The van der Waals surface area contributed by atoms with E-state index in [0.29, 0.717) is 58.0 Å². The molecule has 12 heteroatoms. The van der Waals surface area contributed by atoms with Gasteiger partial charge in [-0.15, -0.1) is 11.3 Å². The Morgan fingerprint density at radius 1 is 1.24 bits per heavy atom. The highest BCUT2D eigenvalue weighted by Gasteiger charge is 2.35. The van der Waals surface area contributed by atoms with Crippen molar-refractivity contribution in [3.05, 3.63) is 57.4 Å². The van der Waals surface area contributed by atoms with Crippen LogP contribution in [0.3, 0.4) is 0 Å². The second-order valence-corrected chi connectivity index (χ2v) is 12.0. The number of fused-ring (bicyclic) bond motifs is 3. The van der Waals surface area contributed by atoms with Gasteiger partial charge in [0.15, 0.2) is 11.5 Å². The molecule has 0 radical (unpaired) electrons. The number of amides is 2. The third kappa shape index (κ3) is 5.98. The molecule has 9 nitrogen and oxygen atoms in total. The molecule has 6 rings (SSSR count). The fourth-order valence-electron chi connectivity index (χ4n) is 5.37. The lowest BCUT2D eigenvalue weighted by atomic mass is 9.94. The molecular formula is C29H32ClFN6O3S. The summed E-state index contributed by atoms with van der Waals surface area (Å²) in [5.41, 5.74) is 2.25. The quantitative estimate of drug-likeness (QED) is 0.328. The van der Waals surface area contributed by atoms with Crippen molar-refractivity contribution in [2.24, 2.45) is 5.92 Å². The van der Waals surface area contributed by atoms with E-state index < -0.39 is 6.67 Å². The molecule has 2 aromatic heterocycles. The van der Waals surface area contributed by atoms with Crippen molar-refractivity contribution >= 4 is 52.1 Å². The number of carbonyl (C=O) groups excluding carboxylic acids is 1. The van der Waals surface area contributed by atoms with Crippen molar-refractivity contribution in [1.29, 1.82) is 0 Å². The number of anilines is 4. The van der Waals surface area contributed by atoms with E-state index in [2.05, 4.69) is 22.2 Å². The van der Waals surface area contributed by atoms with Crippen molar-refractivity contribution < 1.29 is 18.7 Å². The van der Waals surface area contributed by atoms with E-state index in [1.165, 1.54) is 29.1 Å². The lowest BCUT2D eigenvalue weighted by Gasteiger charge is -2.35. The molecule has 4 bridgehead atoms. The molecule has 5 heterocycles. The zero-order valence-electron chi connectivity index (χ0n) is 22.8. The number of likely N-dealkylation sites (tertiary alicyclic amines) is 1. The van der Waals surface area contributed by atoms with Gasteiger partial charge in [-0.2, -0.15) is 4.98 Å². The average molecular weight is 599 g/mol. The molecule has 2 amide bonds. The van der Waals surface area contributed by atoms with Crippen molar-refractivity contribution in [2.75, 3.05) is 55.0 Å². The number of carbonyl (C=O) groups is 1. The van der Waals surface area contributed by atoms with E-state index >= 15 is 0 Å². The lowest BCUT2D eigenvalue weighted by molar-refractivity contribution is 0.185. The number of aromatic nitrogens is 2. The minimum absolute atomic E-state index is 0.189. The Bertz CT molecular complexity index is 1440. The molecule has 1 fully saturated rings. The van der Waals surface area contributed by atoms with E-state index in [-0.39, 0.29) is 19.1 Å². The van der Waals surface area contributed by atoms with Gasteiger partial charge in [0, 0.05) is 41.0 Å². The summed E-state index contributed by atoms with van der Waals surface area (Å²) in [6, 6.07) is 5.34. The topological polar surface area (TPSA) is 83.1 Å². The Hall–Kier alpha value is -3.41. The van der Waals surface area contributed by atoms with Crippen LogP contribution in [0.1, 0.15) is 30.4 Å². The van der Waals surface area contributed by atoms with Crippen LogP contribution < -0.4 is 24.6 Å². The van der Waals surface area contributed by atoms with Gasteiger partial charge in [0.2, 0.25) is 5.95 Å². The molecule has 0 spiro atoms. The number of benzene rings is 1. The number of rotatable bonds is 6. The lowest BCUT2D eigenvalue weighted by Crippen LogP contribution is -2.48. The second-order valence-electron chi connectivity index (χ2n) is 10.5. The molecule has 3 aliphatic heterocycles. The molecule has 216 valence electrons. The third-order valence-corrected chi connectivity index (χ3v) is 8.96. The number of piperidine rings is 1. The Labute approximate surface area is 247 Å². The van der Waals surface area contributed by atoms with E-state index in [0.717, 1.165) is 30.8 Å². The molecule has 1 saturated heterocycles. The molecule has 41 heavy (non-hydrogen) atoms. The second kappa shape index (κ2) is 12.2. The first kappa shape index (κ1) is 27.7. The van der Waals surface area contributed by atoms with Crippen LogP contribution in [-0.2, 0) is 13.2 Å². The van der Waals surface area contributed by atoms with Gasteiger partial charge in [-0.05, 0) is 63.5 Å². The Morgan fingerprint density at radius 3 is 2.93 bits per heavy atom. The van der Waals surface area contributed by atoms with Gasteiger partial charge in [-0.25, -0.2) is 14.2 Å². The van der Waals surface area contributed by atoms with Crippen LogP contribution in [0.5, 0.6) is 11.5 Å². The van der Waals surface area contributed by atoms with Gasteiger partial charge in [-0.3, -0.25) is 9.80 Å². The summed E-state index contributed by atoms with van der Waals surface area (Å²) in [6.45, 7) is 2.91. The Morgan fingerprint density at radius 2 is 2.10 bits per heavy atom. The van der Waals surface area contributed by atoms with Crippen LogP contribution in [0.15, 0.2) is 41.9 Å². The molecule has 3 aromatic rings. The summed E-state index contributed by atoms with van der Waals surface area (Å²) < 4.78 is 26.4. The van der Waals surface area contributed by atoms with Crippen LogP contribution in [0, 0.1) is 5.92 Å². The molecule has 1 aromatic carbocycles. The number of thiophene rings is 1. The minimum Gasteiger partial charge on any atom is -0.490 e. The molecule has 0 unspecified atom stereocenters. The van der Waals surface area contributed by atoms with Gasteiger partial charge >= 0.3 is 6.03 Å². The largest absolute Gasteiger partial charge is 0.490 e. The number of urea groups is 1. The van der Waals surface area contributed by atoms with E-state index in [9.17, 15) is 9.18 Å². The first-order chi connectivity index (χ1) is 20.0. The fraction of sp³-hybridized carbons (Fsp3) is 0.414. The third-order valence-electron chi connectivity index (χ3n) is 7.71.